The Bertz CT molecular complexity index is 1290. The third-order valence-corrected chi connectivity index (χ3v) is 7.87. The molecule has 3 aromatic carbocycles. The molecule has 5 nitrogen and oxygen atoms in total. The molecule has 3 aromatic rings. The molecule has 170 valence electrons. The number of carbonyl (C=O) groups is 1. The minimum Gasteiger partial charge on any atom is -0.345 e. The van der Waals surface area contributed by atoms with Gasteiger partial charge in [-0.25, -0.2) is 8.42 Å². The van der Waals surface area contributed by atoms with Crippen molar-refractivity contribution in [1.82, 2.24) is 5.32 Å². The average molecular weight is 481 g/mol. The molecule has 0 saturated heterocycles. The number of halogens is 1. The number of amides is 1. The number of para-hydroxylation sites is 1. The summed E-state index contributed by atoms with van der Waals surface area (Å²) in [7, 11) is -3.98. The summed E-state index contributed by atoms with van der Waals surface area (Å²) < 4.78 is 28.2. The molecule has 0 aliphatic heterocycles. The third-order valence-electron chi connectivity index (χ3n) is 5.78. The smallest absolute Gasteiger partial charge is 0.264 e. The largest absolute Gasteiger partial charge is 0.345 e. The van der Waals surface area contributed by atoms with E-state index in [1.165, 1.54) is 28.1 Å². The number of hydrogen-bond donors (Lipinski definition) is 1. The molecule has 7 heteroatoms. The Balaban J connectivity index is 1.62. The lowest BCUT2D eigenvalue weighted by molar-refractivity contribution is 0.0932. The predicted octanol–water partition coefficient (Wildman–Crippen LogP) is 5.53. The van der Waals surface area contributed by atoms with E-state index in [9.17, 15) is 13.2 Å². The first-order valence-corrected chi connectivity index (χ1v) is 12.6. The summed E-state index contributed by atoms with van der Waals surface area (Å²) in [6.07, 6.45) is 4.33. The van der Waals surface area contributed by atoms with Gasteiger partial charge < -0.3 is 5.32 Å². The van der Waals surface area contributed by atoms with Crippen LogP contribution in [-0.4, -0.2) is 20.9 Å². The van der Waals surface area contributed by atoms with Crippen molar-refractivity contribution in [1.29, 1.82) is 0 Å². The molecule has 0 bridgehead atoms. The predicted molar refractivity (Wildman–Crippen MR) is 132 cm³/mol. The highest BCUT2D eigenvalue weighted by molar-refractivity contribution is 7.92. The SMILES string of the molecule is C=CCN(c1ccccc1Cl)S(=O)(=O)c1cccc(C(=O)N[C@@H]2CCCc3ccccc32)c1. The van der Waals surface area contributed by atoms with Crippen molar-refractivity contribution in [3.05, 3.63) is 107 Å². The summed E-state index contributed by atoms with van der Waals surface area (Å²) >= 11 is 6.28. The van der Waals surface area contributed by atoms with Crippen LogP contribution in [0.1, 0.15) is 40.4 Å². The van der Waals surface area contributed by atoms with Crippen molar-refractivity contribution in [3.8, 4) is 0 Å². The van der Waals surface area contributed by atoms with Crippen LogP contribution in [0.4, 0.5) is 5.69 Å². The van der Waals surface area contributed by atoms with Crippen LogP contribution in [0.2, 0.25) is 5.02 Å². The second-order valence-electron chi connectivity index (χ2n) is 7.92. The van der Waals surface area contributed by atoms with Crippen LogP contribution in [0.3, 0.4) is 0 Å². The van der Waals surface area contributed by atoms with Crippen molar-refractivity contribution in [2.75, 3.05) is 10.8 Å². The van der Waals surface area contributed by atoms with E-state index in [2.05, 4.69) is 18.0 Å². The number of hydrogen-bond acceptors (Lipinski definition) is 3. The molecule has 0 unspecified atom stereocenters. The van der Waals surface area contributed by atoms with Crippen LogP contribution in [0, 0.1) is 0 Å². The van der Waals surface area contributed by atoms with Crippen LogP contribution in [-0.2, 0) is 16.4 Å². The molecule has 33 heavy (non-hydrogen) atoms. The summed E-state index contributed by atoms with van der Waals surface area (Å²) in [6, 6.07) is 20.8. The zero-order chi connectivity index (χ0) is 23.4. The first-order chi connectivity index (χ1) is 15.9. The minimum absolute atomic E-state index is 0.0148. The van der Waals surface area contributed by atoms with Crippen molar-refractivity contribution < 1.29 is 13.2 Å². The lowest BCUT2D eigenvalue weighted by Crippen LogP contribution is -2.32. The van der Waals surface area contributed by atoms with Gasteiger partial charge in [0.2, 0.25) is 0 Å². The first kappa shape index (κ1) is 23.1. The number of benzene rings is 3. The van der Waals surface area contributed by atoms with Crippen LogP contribution in [0.5, 0.6) is 0 Å². The number of carbonyl (C=O) groups excluding carboxylic acids is 1. The summed E-state index contributed by atoms with van der Waals surface area (Å²) in [5.74, 6) is -0.304. The Kier molecular flexibility index (Phi) is 6.86. The van der Waals surface area contributed by atoms with Gasteiger partial charge in [-0.2, -0.15) is 0 Å². The van der Waals surface area contributed by atoms with Gasteiger partial charge in [-0.05, 0) is 60.7 Å². The number of fused-ring (bicyclic) bond motifs is 1. The molecular formula is C26H25ClN2O3S. The van der Waals surface area contributed by atoms with Gasteiger partial charge in [0.1, 0.15) is 0 Å². The highest BCUT2D eigenvalue weighted by Crippen LogP contribution is 2.32. The molecule has 1 N–H and O–H groups in total. The molecular weight excluding hydrogens is 456 g/mol. The fraction of sp³-hybridized carbons (Fsp3) is 0.192. The number of aryl methyl sites for hydroxylation is 1. The molecule has 1 amide bonds. The number of nitrogens with zero attached hydrogens (tertiary/aromatic N) is 1. The Hall–Kier alpha value is -3.09. The maximum atomic E-state index is 13.5. The van der Waals surface area contributed by atoms with E-state index in [0.717, 1.165) is 24.8 Å². The molecule has 0 aromatic heterocycles. The number of sulfonamides is 1. The van der Waals surface area contributed by atoms with Gasteiger partial charge in [0.15, 0.2) is 0 Å². The number of anilines is 1. The molecule has 1 atom stereocenters. The van der Waals surface area contributed by atoms with E-state index in [0.29, 0.717) is 10.7 Å². The monoisotopic (exact) mass is 480 g/mol. The van der Waals surface area contributed by atoms with Gasteiger partial charge in [0.25, 0.3) is 15.9 Å². The molecule has 0 heterocycles. The standard InChI is InChI=1S/C26H25ClN2O3S/c1-2-17-29(25-16-6-5-14-23(25)27)33(31,32)21-12-7-11-20(18-21)26(30)28-24-15-8-10-19-9-3-4-13-22(19)24/h2-7,9,11-14,16,18,24H,1,8,10,15,17H2,(H,28,30)/t24-/m1/s1. The van der Waals surface area contributed by atoms with Crippen LogP contribution < -0.4 is 9.62 Å². The van der Waals surface area contributed by atoms with E-state index in [1.807, 2.05) is 18.2 Å². The van der Waals surface area contributed by atoms with Gasteiger partial charge in [0.05, 0.1) is 28.2 Å². The molecule has 1 aliphatic rings. The third kappa shape index (κ3) is 4.82. The van der Waals surface area contributed by atoms with Crippen molar-refractivity contribution in [2.45, 2.75) is 30.2 Å². The highest BCUT2D eigenvalue weighted by Gasteiger charge is 2.27. The molecule has 0 saturated carbocycles. The number of rotatable bonds is 7. The number of nitrogens with one attached hydrogen (secondary N) is 1. The van der Waals surface area contributed by atoms with Gasteiger partial charge >= 0.3 is 0 Å². The highest BCUT2D eigenvalue weighted by atomic mass is 35.5. The van der Waals surface area contributed by atoms with Crippen LogP contribution in [0.25, 0.3) is 0 Å². The summed E-state index contributed by atoms with van der Waals surface area (Å²) in [5, 5.41) is 3.39. The topological polar surface area (TPSA) is 66.5 Å². The van der Waals surface area contributed by atoms with E-state index in [-0.39, 0.29) is 29.0 Å². The van der Waals surface area contributed by atoms with Gasteiger partial charge in [-0.3, -0.25) is 9.10 Å². The van der Waals surface area contributed by atoms with Crippen LogP contribution in [0.15, 0.2) is 90.3 Å². The molecule has 0 spiro atoms. The summed E-state index contributed by atoms with van der Waals surface area (Å²) in [6.45, 7) is 3.72. The van der Waals surface area contributed by atoms with E-state index >= 15 is 0 Å². The van der Waals surface area contributed by atoms with Gasteiger partial charge in [-0.15, -0.1) is 6.58 Å². The van der Waals surface area contributed by atoms with Crippen molar-refractivity contribution in [3.63, 3.8) is 0 Å². The summed E-state index contributed by atoms with van der Waals surface area (Å²) in [4.78, 5) is 13.1. The molecule has 0 radical (unpaired) electrons. The second-order valence-corrected chi connectivity index (χ2v) is 10.2. The maximum absolute atomic E-state index is 13.5. The normalized spacial score (nSPS) is 15.4. The Morgan fingerprint density at radius 2 is 1.85 bits per heavy atom. The average Bonchev–Trinajstić information content (AvgIpc) is 2.83. The Labute approximate surface area is 199 Å². The lowest BCUT2D eigenvalue weighted by Gasteiger charge is -2.26. The molecule has 4 rings (SSSR count). The van der Waals surface area contributed by atoms with Crippen LogP contribution >= 0.6 is 11.6 Å². The summed E-state index contributed by atoms with van der Waals surface area (Å²) in [5.41, 5.74) is 3.01. The molecule has 0 fully saturated rings. The quantitative estimate of drug-likeness (QED) is 0.452. The van der Waals surface area contributed by atoms with E-state index in [1.54, 1.807) is 36.4 Å². The zero-order valence-corrected chi connectivity index (χ0v) is 19.6. The Morgan fingerprint density at radius 1 is 1.09 bits per heavy atom. The Morgan fingerprint density at radius 3 is 2.64 bits per heavy atom. The van der Waals surface area contributed by atoms with Crippen molar-refractivity contribution in [2.24, 2.45) is 0 Å². The maximum Gasteiger partial charge on any atom is 0.264 e. The minimum atomic E-state index is -3.98. The van der Waals surface area contributed by atoms with Gasteiger partial charge in [-0.1, -0.05) is 60.1 Å². The fourth-order valence-corrected chi connectivity index (χ4v) is 5.96. The first-order valence-electron chi connectivity index (χ1n) is 10.8. The van der Waals surface area contributed by atoms with Gasteiger partial charge in [0, 0.05) is 5.56 Å². The van der Waals surface area contributed by atoms with E-state index < -0.39 is 10.0 Å². The second kappa shape index (κ2) is 9.81. The fourth-order valence-electron chi connectivity index (χ4n) is 4.17. The molecule has 1 aliphatic carbocycles. The zero-order valence-electron chi connectivity index (χ0n) is 18.1. The van der Waals surface area contributed by atoms with Crippen molar-refractivity contribution >= 4 is 33.2 Å². The van der Waals surface area contributed by atoms with E-state index in [4.69, 9.17) is 11.6 Å². The lowest BCUT2D eigenvalue weighted by atomic mass is 9.87.